The first-order chi connectivity index (χ1) is 13.0. The van der Waals surface area contributed by atoms with Crippen molar-refractivity contribution in [2.24, 2.45) is 0 Å². The number of hydrogen-bond acceptors (Lipinski definition) is 5. The molecule has 0 spiro atoms. The van der Waals surface area contributed by atoms with Crippen LogP contribution in [0.4, 0.5) is 0 Å². The van der Waals surface area contributed by atoms with Crippen LogP contribution in [0.25, 0.3) is 16.6 Å². The lowest BCUT2D eigenvalue weighted by atomic mass is 10.2. The second-order valence-electron chi connectivity index (χ2n) is 6.15. The van der Waals surface area contributed by atoms with E-state index in [0.29, 0.717) is 26.9 Å². The standard InChI is InChI=1S/C19H16ClN5OS/c1-11-7-8-13(9-15(11)20)25-10-21-24-19(25)27-12(2)17-22-16-6-4-3-5-14(16)18(26)23-17/h3-10,12H,1-2H3,(H,22,23,26)/t12-/m1/s1. The lowest BCUT2D eigenvalue weighted by Crippen LogP contribution is -2.13. The Morgan fingerprint density at radius 3 is 2.85 bits per heavy atom. The van der Waals surface area contributed by atoms with Crippen LogP contribution in [-0.4, -0.2) is 24.7 Å². The number of H-pyrrole nitrogens is 1. The average molecular weight is 398 g/mol. The van der Waals surface area contributed by atoms with Gasteiger partial charge in [0.1, 0.15) is 12.2 Å². The molecule has 8 heteroatoms. The molecule has 2 aromatic heterocycles. The van der Waals surface area contributed by atoms with Crippen molar-refractivity contribution in [3.8, 4) is 5.69 Å². The fourth-order valence-corrected chi connectivity index (χ4v) is 3.80. The van der Waals surface area contributed by atoms with Gasteiger partial charge in [-0.3, -0.25) is 9.36 Å². The molecule has 1 N–H and O–H groups in total. The minimum Gasteiger partial charge on any atom is -0.309 e. The second-order valence-corrected chi connectivity index (χ2v) is 7.86. The zero-order valence-electron chi connectivity index (χ0n) is 14.7. The normalized spacial score (nSPS) is 12.4. The van der Waals surface area contributed by atoms with E-state index in [1.165, 1.54) is 11.8 Å². The van der Waals surface area contributed by atoms with Gasteiger partial charge >= 0.3 is 0 Å². The van der Waals surface area contributed by atoms with Crippen molar-refractivity contribution < 1.29 is 0 Å². The van der Waals surface area contributed by atoms with Gasteiger partial charge in [-0.25, -0.2) is 4.98 Å². The Labute approximate surface area is 164 Å². The molecule has 1 atom stereocenters. The van der Waals surface area contributed by atoms with Crippen molar-refractivity contribution in [3.05, 3.63) is 75.6 Å². The molecule has 4 rings (SSSR count). The SMILES string of the molecule is Cc1ccc(-n2cnnc2S[C@H](C)c2nc3ccccc3c(=O)[nH]2)cc1Cl. The van der Waals surface area contributed by atoms with E-state index in [-0.39, 0.29) is 10.8 Å². The van der Waals surface area contributed by atoms with Crippen LogP contribution in [0.1, 0.15) is 23.6 Å². The van der Waals surface area contributed by atoms with Crippen LogP contribution < -0.4 is 5.56 Å². The van der Waals surface area contributed by atoms with Crippen LogP contribution in [0, 0.1) is 6.92 Å². The molecular weight excluding hydrogens is 382 g/mol. The predicted molar refractivity (Wildman–Crippen MR) is 108 cm³/mol. The van der Waals surface area contributed by atoms with Gasteiger partial charge in [-0.05, 0) is 43.7 Å². The molecule has 2 aromatic carbocycles. The highest BCUT2D eigenvalue weighted by atomic mass is 35.5. The predicted octanol–water partition coefficient (Wildman–Crippen LogP) is 4.32. The van der Waals surface area contributed by atoms with E-state index in [1.54, 1.807) is 12.4 Å². The first kappa shape index (κ1) is 17.8. The molecule has 0 bridgehead atoms. The molecule has 0 aliphatic carbocycles. The van der Waals surface area contributed by atoms with Gasteiger partial charge in [0.25, 0.3) is 5.56 Å². The number of halogens is 1. The summed E-state index contributed by atoms with van der Waals surface area (Å²) in [7, 11) is 0. The molecule has 136 valence electrons. The number of para-hydroxylation sites is 1. The minimum absolute atomic E-state index is 0.119. The Morgan fingerprint density at radius 2 is 2.04 bits per heavy atom. The number of aryl methyl sites for hydroxylation is 1. The average Bonchev–Trinajstić information content (AvgIpc) is 3.12. The van der Waals surface area contributed by atoms with Crippen LogP contribution in [-0.2, 0) is 0 Å². The van der Waals surface area contributed by atoms with Crippen molar-refractivity contribution in [1.82, 2.24) is 24.7 Å². The first-order valence-corrected chi connectivity index (χ1v) is 9.61. The van der Waals surface area contributed by atoms with Crippen LogP contribution >= 0.6 is 23.4 Å². The maximum atomic E-state index is 12.3. The van der Waals surface area contributed by atoms with Gasteiger partial charge in [0, 0.05) is 5.02 Å². The Hall–Kier alpha value is -2.64. The third-order valence-corrected chi connectivity index (χ3v) is 5.72. The fraction of sp³-hybridized carbons (Fsp3) is 0.158. The van der Waals surface area contributed by atoms with Crippen molar-refractivity contribution in [2.75, 3.05) is 0 Å². The van der Waals surface area contributed by atoms with Gasteiger partial charge < -0.3 is 4.98 Å². The van der Waals surface area contributed by atoms with E-state index < -0.39 is 0 Å². The van der Waals surface area contributed by atoms with Crippen LogP contribution in [0.15, 0.2) is 58.7 Å². The monoisotopic (exact) mass is 397 g/mol. The number of nitrogens with zero attached hydrogens (tertiary/aromatic N) is 4. The lowest BCUT2D eigenvalue weighted by molar-refractivity contribution is 0.861. The highest BCUT2D eigenvalue weighted by Crippen LogP contribution is 2.33. The molecule has 0 saturated heterocycles. The summed E-state index contributed by atoms with van der Waals surface area (Å²) in [5, 5.41) is 10.1. The summed E-state index contributed by atoms with van der Waals surface area (Å²) >= 11 is 7.71. The number of fused-ring (bicyclic) bond motifs is 1. The summed E-state index contributed by atoms with van der Waals surface area (Å²) in [4.78, 5) is 19.8. The minimum atomic E-state index is -0.144. The maximum Gasteiger partial charge on any atom is 0.258 e. The van der Waals surface area contributed by atoms with Crippen molar-refractivity contribution >= 4 is 34.3 Å². The molecule has 0 radical (unpaired) electrons. The zero-order chi connectivity index (χ0) is 19.0. The topological polar surface area (TPSA) is 76.5 Å². The second kappa shape index (κ2) is 7.17. The number of benzene rings is 2. The summed E-state index contributed by atoms with van der Waals surface area (Å²) in [5.41, 5.74) is 2.42. The molecule has 4 aromatic rings. The van der Waals surface area contributed by atoms with E-state index in [1.807, 2.05) is 54.8 Å². The number of aromatic nitrogens is 5. The zero-order valence-corrected chi connectivity index (χ0v) is 16.3. The lowest BCUT2D eigenvalue weighted by Gasteiger charge is -2.12. The fourth-order valence-electron chi connectivity index (χ4n) is 2.72. The Bertz CT molecular complexity index is 1190. The summed E-state index contributed by atoms with van der Waals surface area (Å²) in [6, 6.07) is 13.1. The molecule has 27 heavy (non-hydrogen) atoms. The maximum absolute atomic E-state index is 12.3. The number of nitrogens with one attached hydrogen (secondary N) is 1. The third kappa shape index (κ3) is 3.48. The highest BCUT2D eigenvalue weighted by Gasteiger charge is 2.17. The number of aromatic amines is 1. The summed E-state index contributed by atoms with van der Waals surface area (Å²) in [5.74, 6) is 0.597. The van der Waals surface area contributed by atoms with Crippen LogP contribution in [0.5, 0.6) is 0 Å². The summed E-state index contributed by atoms with van der Waals surface area (Å²) in [6.45, 7) is 3.93. The van der Waals surface area contributed by atoms with Crippen molar-refractivity contribution in [3.63, 3.8) is 0 Å². The van der Waals surface area contributed by atoms with Gasteiger partial charge in [0.15, 0.2) is 5.16 Å². The molecule has 0 unspecified atom stereocenters. The Morgan fingerprint density at radius 1 is 1.22 bits per heavy atom. The molecule has 0 aliphatic heterocycles. The van der Waals surface area contributed by atoms with Crippen molar-refractivity contribution in [2.45, 2.75) is 24.3 Å². The molecule has 0 amide bonds. The quantitative estimate of drug-likeness (QED) is 0.519. The van der Waals surface area contributed by atoms with Gasteiger partial charge in [-0.15, -0.1) is 10.2 Å². The van der Waals surface area contributed by atoms with Gasteiger partial charge in [-0.2, -0.15) is 0 Å². The van der Waals surface area contributed by atoms with E-state index >= 15 is 0 Å². The largest absolute Gasteiger partial charge is 0.309 e. The summed E-state index contributed by atoms with van der Waals surface area (Å²) < 4.78 is 1.87. The number of hydrogen-bond donors (Lipinski definition) is 1. The van der Waals surface area contributed by atoms with E-state index in [4.69, 9.17) is 11.6 Å². The van der Waals surface area contributed by atoms with Crippen molar-refractivity contribution in [1.29, 1.82) is 0 Å². The van der Waals surface area contributed by atoms with Crippen LogP contribution in [0.2, 0.25) is 5.02 Å². The Balaban J connectivity index is 1.66. The molecule has 0 saturated carbocycles. The molecular formula is C19H16ClN5OS. The molecule has 0 fully saturated rings. The number of rotatable bonds is 4. The van der Waals surface area contributed by atoms with Gasteiger partial charge in [0.2, 0.25) is 0 Å². The van der Waals surface area contributed by atoms with E-state index in [9.17, 15) is 4.79 Å². The molecule has 6 nitrogen and oxygen atoms in total. The first-order valence-electron chi connectivity index (χ1n) is 8.35. The molecule has 2 heterocycles. The molecule has 0 aliphatic rings. The smallest absolute Gasteiger partial charge is 0.258 e. The number of thioether (sulfide) groups is 1. The third-order valence-electron chi connectivity index (χ3n) is 4.25. The van der Waals surface area contributed by atoms with E-state index in [0.717, 1.165) is 11.3 Å². The van der Waals surface area contributed by atoms with Gasteiger partial charge in [-0.1, -0.05) is 41.6 Å². The Kier molecular flexibility index (Phi) is 4.72. The summed E-state index contributed by atoms with van der Waals surface area (Å²) in [6.07, 6.45) is 1.65. The van der Waals surface area contributed by atoms with Gasteiger partial charge in [0.05, 0.1) is 21.8 Å². The van der Waals surface area contributed by atoms with E-state index in [2.05, 4.69) is 20.2 Å². The highest BCUT2D eigenvalue weighted by molar-refractivity contribution is 7.99. The van der Waals surface area contributed by atoms with Crippen LogP contribution in [0.3, 0.4) is 0 Å².